The molecule has 0 aliphatic carbocycles. The zero-order valence-corrected chi connectivity index (χ0v) is 17.0. The minimum absolute atomic E-state index is 0.0330. The van der Waals surface area contributed by atoms with E-state index in [1.807, 2.05) is 13.8 Å². The van der Waals surface area contributed by atoms with Gasteiger partial charge in [-0.05, 0) is 44.9 Å². The van der Waals surface area contributed by atoms with Gasteiger partial charge < -0.3 is 20.1 Å². The fourth-order valence-corrected chi connectivity index (χ4v) is 4.64. The molecule has 152 valence electrons. The highest BCUT2D eigenvalue weighted by atomic mass is 32.2. The van der Waals surface area contributed by atoms with Crippen molar-refractivity contribution in [3.63, 3.8) is 0 Å². The highest BCUT2D eigenvalue weighted by Gasteiger charge is 2.30. The Kier molecular flexibility index (Phi) is 7.88. The number of nitrogens with zero attached hydrogens (tertiary/aromatic N) is 1. The molecule has 1 unspecified atom stereocenters. The molecule has 8 nitrogen and oxygen atoms in total. The molecule has 0 spiro atoms. The zero-order valence-electron chi connectivity index (χ0n) is 16.2. The number of carbonyl (C=O) groups is 1. The third-order valence-electron chi connectivity index (χ3n) is 4.20. The first kappa shape index (κ1) is 21.5. The van der Waals surface area contributed by atoms with Crippen LogP contribution in [0.1, 0.15) is 26.7 Å². The largest absolute Gasteiger partial charge is 0.492 e. The monoisotopic (exact) mass is 399 g/mol. The van der Waals surface area contributed by atoms with Crippen molar-refractivity contribution in [2.75, 3.05) is 45.3 Å². The Labute approximate surface area is 161 Å². The molecule has 0 saturated carbocycles. The number of anilines is 1. The summed E-state index contributed by atoms with van der Waals surface area (Å²) in [6.45, 7) is 5.52. The van der Waals surface area contributed by atoms with E-state index < -0.39 is 10.0 Å². The van der Waals surface area contributed by atoms with Crippen LogP contribution in [0.2, 0.25) is 0 Å². The summed E-state index contributed by atoms with van der Waals surface area (Å²) in [6.07, 6.45) is 1.72. The Morgan fingerprint density at radius 2 is 2.00 bits per heavy atom. The number of hydrogen-bond acceptors (Lipinski definition) is 6. The Morgan fingerprint density at radius 3 is 2.63 bits per heavy atom. The van der Waals surface area contributed by atoms with Crippen LogP contribution < -0.4 is 15.4 Å². The van der Waals surface area contributed by atoms with Gasteiger partial charge in [0, 0.05) is 31.9 Å². The van der Waals surface area contributed by atoms with Crippen molar-refractivity contribution in [2.45, 2.75) is 37.6 Å². The lowest BCUT2D eigenvalue weighted by Crippen LogP contribution is -2.39. The van der Waals surface area contributed by atoms with E-state index in [9.17, 15) is 13.2 Å². The fourth-order valence-electron chi connectivity index (χ4n) is 2.96. The molecule has 9 heteroatoms. The first-order valence-electron chi connectivity index (χ1n) is 9.17. The molecule has 1 fully saturated rings. The maximum absolute atomic E-state index is 13.0. The SMILES string of the molecule is CCOc1ccc(NCC(=O)NC(C)COC)cc1S(=O)(=O)N1CCCC1. The van der Waals surface area contributed by atoms with E-state index in [4.69, 9.17) is 9.47 Å². The van der Waals surface area contributed by atoms with E-state index in [1.54, 1.807) is 19.2 Å². The van der Waals surface area contributed by atoms with Crippen molar-refractivity contribution >= 4 is 21.6 Å². The number of hydrogen-bond donors (Lipinski definition) is 2. The maximum Gasteiger partial charge on any atom is 0.246 e. The molecule has 0 aromatic heterocycles. The van der Waals surface area contributed by atoms with E-state index >= 15 is 0 Å². The molecule has 1 aliphatic rings. The van der Waals surface area contributed by atoms with Gasteiger partial charge in [-0.3, -0.25) is 4.79 Å². The third-order valence-corrected chi connectivity index (χ3v) is 6.12. The highest BCUT2D eigenvalue weighted by Crippen LogP contribution is 2.31. The third kappa shape index (κ3) is 5.82. The molecular formula is C18H29N3O5S. The Bertz CT molecular complexity index is 733. The molecule has 1 saturated heterocycles. The fraction of sp³-hybridized carbons (Fsp3) is 0.611. The summed E-state index contributed by atoms with van der Waals surface area (Å²) in [6, 6.07) is 4.76. The van der Waals surface area contributed by atoms with Gasteiger partial charge in [0.05, 0.1) is 19.8 Å². The molecule has 1 atom stereocenters. The second-order valence-corrected chi connectivity index (χ2v) is 8.39. The minimum Gasteiger partial charge on any atom is -0.492 e. The van der Waals surface area contributed by atoms with Crippen LogP contribution in [0, 0.1) is 0 Å². The number of carbonyl (C=O) groups excluding carboxylic acids is 1. The van der Waals surface area contributed by atoms with Crippen molar-refractivity contribution < 1.29 is 22.7 Å². The van der Waals surface area contributed by atoms with Crippen LogP contribution in [0.4, 0.5) is 5.69 Å². The standard InChI is InChI=1S/C18H29N3O5S/c1-4-26-16-8-7-15(19-12-18(22)20-14(2)13-25-3)11-17(16)27(23,24)21-9-5-6-10-21/h7-8,11,14,19H,4-6,9-10,12-13H2,1-3H3,(H,20,22). The van der Waals surface area contributed by atoms with Gasteiger partial charge in [0.2, 0.25) is 15.9 Å². The number of amides is 1. The zero-order chi connectivity index (χ0) is 19.9. The molecule has 1 aliphatic heterocycles. The topological polar surface area (TPSA) is 97.0 Å². The van der Waals surface area contributed by atoms with Crippen LogP contribution in [-0.2, 0) is 19.6 Å². The van der Waals surface area contributed by atoms with Gasteiger partial charge in [-0.1, -0.05) is 0 Å². The van der Waals surface area contributed by atoms with Gasteiger partial charge in [-0.15, -0.1) is 0 Å². The minimum atomic E-state index is -3.63. The molecule has 1 heterocycles. The number of benzene rings is 1. The van der Waals surface area contributed by atoms with Crippen molar-refractivity contribution in [3.05, 3.63) is 18.2 Å². The summed E-state index contributed by atoms with van der Waals surface area (Å²) >= 11 is 0. The summed E-state index contributed by atoms with van der Waals surface area (Å²) in [5.74, 6) is 0.130. The smallest absolute Gasteiger partial charge is 0.246 e. The van der Waals surface area contributed by atoms with Gasteiger partial charge in [-0.25, -0.2) is 8.42 Å². The molecular weight excluding hydrogens is 370 g/mol. The van der Waals surface area contributed by atoms with Crippen molar-refractivity contribution in [2.24, 2.45) is 0 Å². The van der Waals surface area contributed by atoms with Crippen LogP contribution in [-0.4, -0.2) is 64.6 Å². The summed E-state index contributed by atoms with van der Waals surface area (Å²) < 4.78 is 37.9. The lowest BCUT2D eigenvalue weighted by Gasteiger charge is -2.19. The van der Waals surface area contributed by atoms with Gasteiger partial charge >= 0.3 is 0 Å². The molecule has 1 aromatic carbocycles. The first-order chi connectivity index (χ1) is 12.9. The van der Waals surface area contributed by atoms with Crippen LogP contribution in [0.3, 0.4) is 0 Å². The van der Waals surface area contributed by atoms with Crippen molar-refractivity contribution in [1.82, 2.24) is 9.62 Å². The summed E-state index contributed by atoms with van der Waals surface area (Å²) in [5.41, 5.74) is 0.547. The van der Waals surface area contributed by atoms with E-state index in [-0.39, 0.29) is 23.4 Å². The molecule has 1 aromatic rings. The van der Waals surface area contributed by atoms with E-state index in [0.29, 0.717) is 37.7 Å². The average molecular weight is 400 g/mol. The molecule has 1 amide bonds. The molecule has 2 N–H and O–H groups in total. The number of rotatable bonds is 10. The maximum atomic E-state index is 13.0. The summed E-state index contributed by atoms with van der Waals surface area (Å²) in [5, 5.41) is 5.77. The number of ether oxygens (including phenoxy) is 2. The molecule has 0 radical (unpaired) electrons. The Balaban J connectivity index is 2.13. The average Bonchev–Trinajstić information content (AvgIpc) is 3.16. The summed E-state index contributed by atoms with van der Waals surface area (Å²) in [7, 11) is -2.06. The lowest BCUT2D eigenvalue weighted by atomic mass is 10.3. The Morgan fingerprint density at radius 1 is 1.30 bits per heavy atom. The van der Waals surface area contributed by atoms with E-state index in [1.165, 1.54) is 10.4 Å². The van der Waals surface area contributed by atoms with Gasteiger partial charge in [0.1, 0.15) is 10.6 Å². The van der Waals surface area contributed by atoms with Crippen LogP contribution >= 0.6 is 0 Å². The van der Waals surface area contributed by atoms with Crippen LogP contribution in [0.25, 0.3) is 0 Å². The second kappa shape index (κ2) is 9.91. The Hall–Kier alpha value is -1.84. The van der Waals surface area contributed by atoms with E-state index in [2.05, 4.69) is 10.6 Å². The second-order valence-electron chi connectivity index (χ2n) is 6.48. The van der Waals surface area contributed by atoms with Gasteiger partial charge in [-0.2, -0.15) is 4.31 Å². The highest BCUT2D eigenvalue weighted by molar-refractivity contribution is 7.89. The molecule has 27 heavy (non-hydrogen) atoms. The lowest BCUT2D eigenvalue weighted by molar-refractivity contribution is -0.120. The number of methoxy groups -OCH3 is 1. The molecule has 2 rings (SSSR count). The van der Waals surface area contributed by atoms with Crippen LogP contribution in [0.15, 0.2) is 23.1 Å². The van der Waals surface area contributed by atoms with Crippen molar-refractivity contribution in [3.8, 4) is 5.75 Å². The number of sulfonamides is 1. The first-order valence-corrected chi connectivity index (χ1v) is 10.6. The number of nitrogens with one attached hydrogen (secondary N) is 2. The summed E-state index contributed by atoms with van der Waals surface area (Å²) in [4.78, 5) is 12.1. The molecule has 0 bridgehead atoms. The predicted molar refractivity (Wildman–Crippen MR) is 104 cm³/mol. The van der Waals surface area contributed by atoms with Crippen LogP contribution in [0.5, 0.6) is 5.75 Å². The normalized spacial score (nSPS) is 16.1. The van der Waals surface area contributed by atoms with Gasteiger partial charge in [0.15, 0.2) is 0 Å². The van der Waals surface area contributed by atoms with E-state index in [0.717, 1.165) is 12.8 Å². The predicted octanol–water partition coefficient (Wildman–Crippen LogP) is 1.43. The van der Waals surface area contributed by atoms with Gasteiger partial charge in [0.25, 0.3) is 0 Å². The quantitative estimate of drug-likeness (QED) is 0.618. The van der Waals surface area contributed by atoms with Crippen molar-refractivity contribution in [1.29, 1.82) is 0 Å².